The van der Waals surface area contributed by atoms with Gasteiger partial charge in [-0.1, -0.05) is 33.6 Å². The van der Waals surface area contributed by atoms with E-state index in [2.05, 4.69) is 28.9 Å². The summed E-state index contributed by atoms with van der Waals surface area (Å²) in [5.41, 5.74) is 2.47. The summed E-state index contributed by atoms with van der Waals surface area (Å²) < 4.78 is 5.16. The van der Waals surface area contributed by atoms with Crippen LogP contribution in [0.3, 0.4) is 0 Å². The van der Waals surface area contributed by atoms with Gasteiger partial charge < -0.3 is 4.74 Å². The molecule has 0 heterocycles. The van der Waals surface area contributed by atoms with Gasteiger partial charge in [-0.2, -0.15) is 0 Å². The van der Waals surface area contributed by atoms with Crippen LogP contribution in [-0.4, -0.2) is 7.11 Å². The molecule has 0 atom stereocenters. The number of benzene rings is 1. The fraction of sp³-hybridized carbons (Fsp3) is 0.333. The highest BCUT2D eigenvalue weighted by molar-refractivity contribution is 9.08. The van der Waals surface area contributed by atoms with Crippen LogP contribution in [0.1, 0.15) is 11.1 Å². The Morgan fingerprint density at radius 1 is 1.45 bits per heavy atom. The maximum atomic E-state index is 5.16. The Morgan fingerprint density at radius 2 is 2.18 bits per heavy atom. The smallest absolute Gasteiger partial charge is 0.122 e. The van der Waals surface area contributed by atoms with Crippen molar-refractivity contribution in [2.45, 2.75) is 12.3 Å². The second kappa shape index (κ2) is 3.77. The summed E-state index contributed by atoms with van der Waals surface area (Å²) in [5, 5.41) is 0.845. The third kappa shape index (κ3) is 1.96. The van der Waals surface area contributed by atoms with E-state index in [1.54, 1.807) is 7.11 Å². The third-order valence-corrected chi connectivity index (χ3v) is 2.18. The van der Waals surface area contributed by atoms with Gasteiger partial charge in [0.25, 0.3) is 0 Å². The van der Waals surface area contributed by atoms with E-state index in [-0.39, 0.29) is 0 Å². The highest BCUT2D eigenvalue weighted by Crippen LogP contribution is 2.21. The highest BCUT2D eigenvalue weighted by Gasteiger charge is 1.99. The van der Waals surface area contributed by atoms with E-state index in [0.717, 1.165) is 11.1 Å². The highest BCUT2D eigenvalue weighted by atomic mass is 79.9. The molecule has 1 aromatic carbocycles. The quantitative estimate of drug-likeness (QED) is 0.689. The van der Waals surface area contributed by atoms with E-state index < -0.39 is 0 Å². The van der Waals surface area contributed by atoms with Crippen molar-refractivity contribution in [3.63, 3.8) is 0 Å². The second-order valence-corrected chi connectivity index (χ2v) is 3.01. The number of aryl methyl sites for hydroxylation is 1. The molecule has 1 rings (SSSR count). The minimum atomic E-state index is 0.845. The average Bonchev–Trinajstić information content (AvgIpc) is 2.04. The first-order valence-electron chi connectivity index (χ1n) is 3.47. The van der Waals surface area contributed by atoms with Crippen LogP contribution in [0.2, 0.25) is 0 Å². The van der Waals surface area contributed by atoms with Gasteiger partial charge in [0.15, 0.2) is 0 Å². The Morgan fingerprint density at radius 3 is 2.73 bits per heavy atom. The zero-order valence-corrected chi connectivity index (χ0v) is 8.31. The number of methoxy groups -OCH3 is 1. The molecule has 0 aromatic heterocycles. The fourth-order valence-electron chi connectivity index (χ4n) is 1.01. The zero-order valence-electron chi connectivity index (χ0n) is 6.73. The molecular formula is C9H11BrO. The molecule has 0 radical (unpaired) electrons. The van der Waals surface area contributed by atoms with Gasteiger partial charge in [0, 0.05) is 10.9 Å². The van der Waals surface area contributed by atoms with Crippen molar-refractivity contribution in [1.82, 2.24) is 0 Å². The number of halogens is 1. The van der Waals surface area contributed by atoms with Crippen LogP contribution < -0.4 is 4.74 Å². The molecule has 0 bridgehead atoms. The molecule has 0 saturated carbocycles. The van der Waals surface area contributed by atoms with E-state index in [0.29, 0.717) is 0 Å². The molecule has 60 valence electrons. The van der Waals surface area contributed by atoms with Crippen LogP contribution in [0.4, 0.5) is 0 Å². The van der Waals surface area contributed by atoms with Gasteiger partial charge in [-0.15, -0.1) is 0 Å². The van der Waals surface area contributed by atoms with Crippen molar-refractivity contribution >= 4 is 15.9 Å². The average molecular weight is 215 g/mol. The molecule has 0 aliphatic carbocycles. The summed E-state index contributed by atoms with van der Waals surface area (Å²) in [6.07, 6.45) is 0. The van der Waals surface area contributed by atoms with Gasteiger partial charge in [-0.25, -0.2) is 0 Å². The normalized spacial score (nSPS) is 9.73. The summed E-state index contributed by atoms with van der Waals surface area (Å²) >= 11 is 3.40. The second-order valence-electron chi connectivity index (χ2n) is 2.45. The van der Waals surface area contributed by atoms with Crippen molar-refractivity contribution in [1.29, 1.82) is 0 Å². The van der Waals surface area contributed by atoms with Crippen LogP contribution >= 0.6 is 15.9 Å². The first-order valence-corrected chi connectivity index (χ1v) is 4.59. The van der Waals surface area contributed by atoms with E-state index in [9.17, 15) is 0 Å². The predicted molar refractivity (Wildman–Crippen MR) is 50.4 cm³/mol. The number of ether oxygens (including phenoxy) is 1. The van der Waals surface area contributed by atoms with Crippen LogP contribution in [0.25, 0.3) is 0 Å². The SMILES string of the molecule is COc1ccc(C)cc1CBr. The third-order valence-electron chi connectivity index (χ3n) is 1.58. The predicted octanol–water partition coefficient (Wildman–Crippen LogP) is 2.90. The first-order chi connectivity index (χ1) is 5.27. The Labute approximate surface area is 75.5 Å². The molecule has 1 nitrogen and oxygen atoms in total. The standard InChI is InChI=1S/C9H11BrO/c1-7-3-4-9(11-2)8(5-7)6-10/h3-5H,6H2,1-2H3. The van der Waals surface area contributed by atoms with Gasteiger partial charge in [-0.05, 0) is 13.0 Å². The molecule has 0 aliphatic rings. The van der Waals surface area contributed by atoms with Crippen LogP contribution in [0, 0.1) is 6.92 Å². The molecule has 1 aromatic rings. The van der Waals surface area contributed by atoms with Crippen molar-refractivity contribution in [3.05, 3.63) is 29.3 Å². The van der Waals surface area contributed by atoms with Crippen molar-refractivity contribution in [2.75, 3.05) is 7.11 Å². The van der Waals surface area contributed by atoms with E-state index in [1.807, 2.05) is 12.1 Å². The summed E-state index contributed by atoms with van der Waals surface area (Å²) in [6, 6.07) is 6.16. The summed E-state index contributed by atoms with van der Waals surface area (Å²) in [4.78, 5) is 0. The van der Waals surface area contributed by atoms with E-state index >= 15 is 0 Å². The molecule has 0 unspecified atom stereocenters. The molecule has 2 heteroatoms. The Balaban J connectivity index is 3.06. The number of hydrogen-bond acceptors (Lipinski definition) is 1. The largest absolute Gasteiger partial charge is 0.496 e. The molecule has 11 heavy (non-hydrogen) atoms. The van der Waals surface area contributed by atoms with Crippen molar-refractivity contribution in [3.8, 4) is 5.75 Å². The zero-order chi connectivity index (χ0) is 8.27. The van der Waals surface area contributed by atoms with Gasteiger partial charge in [0.1, 0.15) is 5.75 Å². The minimum Gasteiger partial charge on any atom is -0.496 e. The lowest BCUT2D eigenvalue weighted by molar-refractivity contribution is 0.411. The molecular weight excluding hydrogens is 204 g/mol. The Kier molecular flexibility index (Phi) is 2.94. The Hall–Kier alpha value is -0.500. The lowest BCUT2D eigenvalue weighted by atomic mass is 10.1. The van der Waals surface area contributed by atoms with Crippen LogP contribution in [0.5, 0.6) is 5.75 Å². The Bertz CT molecular complexity index is 245. The summed E-state index contributed by atoms with van der Waals surface area (Å²) in [7, 11) is 1.69. The molecule has 0 amide bonds. The van der Waals surface area contributed by atoms with Crippen LogP contribution in [0.15, 0.2) is 18.2 Å². The van der Waals surface area contributed by atoms with E-state index in [4.69, 9.17) is 4.74 Å². The molecule has 0 spiro atoms. The van der Waals surface area contributed by atoms with Gasteiger partial charge in [0.2, 0.25) is 0 Å². The number of hydrogen-bond donors (Lipinski definition) is 0. The topological polar surface area (TPSA) is 9.23 Å². The van der Waals surface area contributed by atoms with Crippen molar-refractivity contribution in [2.24, 2.45) is 0 Å². The number of rotatable bonds is 2. The summed E-state index contributed by atoms with van der Waals surface area (Å²) in [5.74, 6) is 0.951. The molecule has 0 saturated heterocycles. The lowest BCUT2D eigenvalue weighted by Gasteiger charge is -2.05. The number of alkyl halides is 1. The first kappa shape index (κ1) is 8.60. The molecule has 0 N–H and O–H groups in total. The maximum absolute atomic E-state index is 5.16. The molecule has 0 aliphatic heterocycles. The fourth-order valence-corrected chi connectivity index (χ4v) is 1.45. The monoisotopic (exact) mass is 214 g/mol. The van der Waals surface area contributed by atoms with Gasteiger partial charge in [0.05, 0.1) is 7.11 Å². The molecule has 0 fully saturated rings. The van der Waals surface area contributed by atoms with Crippen LogP contribution in [-0.2, 0) is 5.33 Å². The van der Waals surface area contributed by atoms with Crippen molar-refractivity contribution < 1.29 is 4.74 Å². The minimum absolute atomic E-state index is 0.845. The van der Waals surface area contributed by atoms with Gasteiger partial charge in [-0.3, -0.25) is 0 Å². The van der Waals surface area contributed by atoms with Gasteiger partial charge >= 0.3 is 0 Å². The summed E-state index contributed by atoms with van der Waals surface area (Å²) in [6.45, 7) is 2.08. The van der Waals surface area contributed by atoms with E-state index in [1.165, 1.54) is 11.1 Å². The lowest BCUT2D eigenvalue weighted by Crippen LogP contribution is -1.89. The maximum Gasteiger partial charge on any atom is 0.122 e.